The summed E-state index contributed by atoms with van der Waals surface area (Å²) in [6, 6.07) is 16.3. The third kappa shape index (κ3) is 5.28. The summed E-state index contributed by atoms with van der Waals surface area (Å²) in [5, 5.41) is 0. The van der Waals surface area contributed by atoms with E-state index in [4.69, 9.17) is 4.55 Å². The molecule has 4 heteroatoms. The van der Waals surface area contributed by atoms with E-state index in [9.17, 15) is 8.42 Å². The third-order valence-electron chi connectivity index (χ3n) is 3.53. The largest absolute Gasteiger partial charge is 0.286 e. The summed E-state index contributed by atoms with van der Waals surface area (Å²) in [4.78, 5) is 0. The van der Waals surface area contributed by atoms with E-state index in [1.165, 1.54) is 5.56 Å². The van der Waals surface area contributed by atoms with Gasteiger partial charge in [-0.1, -0.05) is 62.4 Å². The first-order chi connectivity index (χ1) is 10.3. The topological polar surface area (TPSA) is 54.4 Å². The van der Waals surface area contributed by atoms with Crippen LogP contribution >= 0.6 is 0 Å². The fourth-order valence-electron chi connectivity index (χ4n) is 2.42. The second-order valence-electron chi connectivity index (χ2n) is 6.03. The summed E-state index contributed by atoms with van der Waals surface area (Å²) in [5.41, 5.74) is 4.49. The quantitative estimate of drug-likeness (QED) is 0.820. The molecule has 0 bridgehead atoms. The molecule has 0 heterocycles. The number of benzene rings is 2. The highest BCUT2D eigenvalue weighted by Gasteiger charge is 2.05. The molecule has 22 heavy (non-hydrogen) atoms. The lowest BCUT2D eigenvalue weighted by molar-refractivity contribution is 0.482. The molecule has 0 unspecified atom stereocenters. The maximum absolute atomic E-state index is 10.8. The molecule has 0 saturated heterocycles. The maximum Gasteiger partial charge on any atom is 0.265 e. The molecule has 2 aromatic carbocycles. The van der Waals surface area contributed by atoms with Gasteiger partial charge in [-0.25, -0.2) is 0 Å². The molecule has 118 valence electrons. The van der Waals surface area contributed by atoms with Gasteiger partial charge in [0.1, 0.15) is 0 Å². The van der Waals surface area contributed by atoms with Crippen molar-refractivity contribution in [2.45, 2.75) is 26.7 Å². The SMILES string of the molecule is CC(C)Cc1ccc(-c2ccc(CCS(=O)(=O)O)cc2)cc1. The van der Waals surface area contributed by atoms with Crippen LogP contribution in [-0.4, -0.2) is 18.7 Å². The van der Waals surface area contributed by atoms with Crippen LogP contribution in [0, 0.1) is 5.92 Å². The summed E-state index contributed by atoms with van der Waals surface area (Å²) >= 11 is 0. The first-order valence-electron chi connectivity index (χ1n) is 7.47. The van der Waals surface area contributed by atoms with Crippen LogP contribution in [0.1, 0.15) is 25.0 Å². The lowest BCUT2D eigenvalue weighted by Gasteiger charge is -2.07. The summed E-state index contributed by atoms with van der Waals surface area (Å²) < 4.78 is 30.3. The Morgan fingerprint density at radius 2 is 1.32 bits per heavy atom. The van der Waals surface area contributed by atoms with Crippen molar-refractivity contribution in [3.63, 3.8) is 0 Å². The molecule has 0 saturated carbocycles. The predicted octanol–water partition coefficient (Wildman–Crippen LogP) is 3.98. The lowest BCUT2D eigenvalue weighted by atomic mass is 9.98. The Balaban J connectivity index is 2.06. The van der Waals surface area contributed by atoms with Crippen molar-refractivity contribution in [2.75, 3.05) is 5.75 Å². The van der Waals surface area contributed by atoms with Crippen LogP contribution in [0.25, 0.3) is 11.1 Å². The van der Waals surface area contributed by atoms with Gasteiger partial charge in [0, 0.05) is 0 Å². The van der Waals surface area contributed by atoms with Crippen LogP contribution in [0.4, 0.5) is 0 Å². The van der Waals surface area contributed by atoms with Gasteiger partial charge in [0.15, 0.2) is 0 Å². The number of hydrogen-bond donors (Lipinski definition) is 1. The Labute approximate surface area is 132 Å². The van der Waals surface area contributed by atoms with Crippen LogP contribution in [0.15, 0.2) is 48.5 Å². The molecule has 1 N–H and O–H groups in total. The number of hydrogen-bond acceptors (Lipinski definition) is 2. The van der Waals surface area contributed by atoms with Gasteiger partial charge in [-0.3, -0.25) is 4.55 Å². The number of rotatable bonds is 6. The zero-order valence-corrected chi connectivity index (χ0v) is 13.8. The Hall–Kier alpha value is -1.65. The first-order valence-corrected chi connectivity index (χ1v) is 9.08. The summed E-state index contributed by atoms with van der Waals surface area (Å²) in [7, 11) is -3.90. The van der Waals surface area contributed by atoms with Crippen molar-refractivity contribution in [3.8, 4) is 11.1 Å². The fraction of sp³-hybridized carbons (Fsp3) is 0.333. The highest BCUT2D eigenvalue weighted by molar-refractivity contribution is 7.85. The van der Waals surface area contributed by atoms with Crippen LogP contribution < -0.4 is 0 Å². The monoisotopic (exact) mass is 318 g/mol. The second-order valence-corrected chi connectivity index (χ2v) is 7.60. The van der Waals surface area contributed by atoms with Crippen molar-refractivity contribution in [2.24, 2.45) is 5.92 Å². The summed E-state index contributed by atoms with van der Waals surface area (Å²) in [6.07, 6.45) is 1.40. The minimum Gasteiger partial charge on any atom is -0.286 e. The molecular weight excluding hydrogens is 296 g/mol. The molecule has 0 fully saturated rings. The molecular formula is C18H22O3S. The van der Waals surface area contributed by atoms with Gasteiger partial charge in [-0.05, 0) is 41.0 Å². The van der Waals surface area contributed by atoms with Crippen molar-refractivity contribution in [3.05, 3.63) is 59.7 Å². The Kier molecular flexibility index (Phi) is 5.37. The molecule has 0 aliphatic heterocycles. The van der Waals surface area contributed by atoms with Crippen molar-refractivity contribution in [1.29, 1.82) is 0 Å². The fourth-order valence-corrected chi connectivity index (χ4v) is 2.91. The van der Waals surface area contributed by atoms with Gasteiger partial charge in [0.2, 0.25) is 0 Å². The van der Waals surface area contributed by atoms with E-state index in [2.05, 4.69) is 38.1 Å². The molecule has 0 aliphatic rings. The smallest absolute Gasteiger partial charge is 0.265 e. The van der Waals surface area contributed by atoms with Gasteiger partial charge in [0.05, 0.1) is 5.75 Å². The van der Waals surface area contributed by atoms with Gasteiger partial charge >= 0.3 is 0 Å². The second kappa shape index (κ2) is 7.07. The van der Waals surface area contributed by atoms with Gasteiger partial charge in [0.25, 0.3) is 10.1 Å². The molecule has 0 aliphatic carbocycles. The van der Waals surface area contributed by atoms with Crippen LogP contribution in [0.3, 0.4) is 0 Å². The van der Waals surface area contributed by atoms with E-state index >= 15 is 0 Å². The normalized spacial score (nSPS) is 11.8. The lowest BCUT2D eigenvalue weighted by Crippen LogP contribution is -2.06. The Bertz CT molecular complexity index is 699. The van der Waals surface area contributed by atoms with Crippen LogP contribution in [-0.2, 0) is 23.0 Å². The number of aryl methyl sites for hydroxylation is 1. The molecule has 2 rings (SSSR count). The van der Waals surface area contributed by atoms with Crippen molar-refractivity contribution in [1.82, 2.24) is 0 Å². The van der Waals surface area contributed by atoms with E-state index in [0.717, 1.165) is 23.1 Å². The standard InChI is InChI=1S/C18H22O3S/c1-14(2)13-16-5-9-18(10-6-16)17-7-3-15(4-8-17)11-12-22(19,20)21/h3-10,14H,11-13H2,1-2H3,(H,19,20,21). The van der Waals surface area contributed by atoms with Gasteiger partial charge in [-0.2, -0.15) is 8.42 Å². The molecule has 0 aromatic heterocycles. The van der Waals surface area contributed by atoms with E-state index in [1.807, 2.05) is 24.3 Å². The van der Waals surface area contributed by atoms with Gasteiger partial charge < -0.3 is 0 Å². The van der Waals surface area contributed by atoms with Gasteiger partial charge in [-0.15, -0.1) is 0 Å². The molecule has 2 aromatic rings. The summed E-state index contributed by atoms with van der Waals surface area (Å²) in [5.74, 6) is 0.406. The molecule has 0 amide bonds. The average molecular weight is 318 g/mol. The van der Waals surface area contributed by atoms with E-state index < -0.39 is 10.1 Å². The molecule has 3 nitrogen and oxygen atoms in total. The average Bonchev–Trinajstić information content (AvgIpc) is 2.45. The Morgan fingerprint density at radius 3 is 1.73 bits per heavy atom. The van der Waals surface area contributed by atoms with E-state index in [-0.39, 0.29) is 5.75 Å². The maximum atomic E-state index is 10.8. The summed E-state index contributed by atoms with van der Waals surface area (Å²) in [6.45, 7) is 4.42. The van der Waals surface area contributed by atoms with E-state index in [0.29, 0.717) is 12.3 Å². The zero-order valence-electron chi connectivity index (χ0n) is 13.0. The van der Waals surface area contributed by atoms with Crippen LogP contribution in [0.5, 0.6) is 0 Å². The molecule has 0 radical (unpaired) electrons. The Morgan fingerprint density at radius 1 is 0.864 bits per heavy atom. The highest BCUT2D eigenvalue weighted by Crippen LogP contribution is 2.21. The predicted molar refractivity (Wildman–Crippen MR) is 90.5 cm³/mol. The molecule has 0 spiro atoms. The van der Waals surface area contributed by atoms with Crippen LogP contribution in [0.2, 0.25) is 0 Å². The minimum atomic E-state index is -3.90. The zero-order chi connectivity index (χ0) is 16.2. The van der Waals surface area contributed by atoms with E-state index in [1.54, 1.807) is 0 Å². The third-order valence-corrected chi connectivity index (χ3v) is 4.25. The van der Waals surface area contributed by atoms with Crippen molar-refractivity contribution < 1.29 is 13.0 Å². The molecule has 0 atom stereocenters. The first kappa shape index (κ1) is 16.7. The van der Waals surface area contributed by atoms with Crippen molar-refractivity contribution >= 4 is 10.1 Å². The minimum absolute atomic E-state index is 0.240. The highest BCUT2D eigenvalue weighted by atomic mass is 32.2.